The molecule has 34 heavy (non-hydrogen) atoms. The summed E-state index contributed by atoms with van der Waals surface area (Å²) < 4.78 is 7.95. The van der Waals surface area contributed by atoms with E-state index in [1.54, 1.807) is 53.4 Å². The van der Waals surface area contributed by atoms with Crippen molar-refractivity contribution < 1.29 is 18.9 Å². The maximum absolute atomic E-state index is 13.7. The molecule has 2 aromatic heterocycles. The number of benzene rings is 1. The van der Waals surface area contributed by atoms with Gasteiger partial charge in [-0.25, -0.2) is 4.68 Å². The smallest absolute Gasteiger partial charge is 0.326 e. The van der Waals surface area contributed by atoms with Crippen LogP contribution in [0.4, 0.5) is 0 Å². The highest BCUT2D eigenvalue weighted by atomic mass is 35.5. The summed E-state index contributed by atoms with van der Waals surface area (Å²) in [4.78, 5) is 41.8. The second-order valence-electron chi connectivity index (χ2n) is 8.06. The number of amides is 2. The van der Waals surface area contributed by atoms with E-state index >= 15 is 0 Å². The first-order valence-electron chi connectivity index (χ1n) is 10.6. The second-order valence-corrected chi connectivity index (χ2v) is 8.87. The van der Waals surface area contributed by atoms with Crippen molar-refractivity contribution >= 4 is 46.3 Å². The molecule has 2 amide bonds. The van der Waals surface area contributed by atoms with Gasteiger partial charge < -0.3 is 4.74 Å². The van der Waals surface area contributed by atoms with Crippen molar-refractivity contribution in [2.24, 2.45) is 0 Å². The fourth-order valence-electron chi connectivity index (χ4n) is 3.88. The van der Waals surface area contributed by atoms with E-state index in [-0.39, 0.29) is 40.9 Å². The van der Waals surface area contributed by atoms with E-state index in [1.165, 1.54) is 11.8 Å². The Morgan fingerprint density at radius 1 is 1.03 bits per heavy atom. The van der Waals surface area contributed by atoms with E-state index in [0.29, 0.717) is 16.4 Å². The van der Waals surface area contributed by atoms with Crippen LogP contribution in [0.5, 0.6) is 0 Å². The van der Waals surface area contributed by atoms with Gasteiger partial charge in [0.2, 0.25) is 0 Å². The molecule has 0 aliphatic carbocycles. The fraction of sp³-hybridized carbons (Fsp3) is 0.250. The zero-order valence-corrected chi connectivity index (χ0v) is 20.4. The van der Waals surface area contributed by atoms with E-state index in [4.69, 9.17) is 27.9 Å². The number of carbonyl (C=O) groups excluding carboxylic acids is 2. The number of aromatic nitrogens is 3. The van der Waals surface area contributed by atoms with Gasteiger partial charge in [-0.15, -0.1) is 0 Å². The summed E-state index contributed by atoms with van der Waals surface area (Å²) in [5.41, 5.74) is 0.804. The SMILES string of the molecule is COCCN1C(=O)C(c2c(C(C)C)[nH]n(-c3ccc(Cl)c(Cl)c3)c2=O)=C([n+]2ccccc2)C1=O. The molecule has 0 radical (unpaired) electrons. The minimum Gasteiger partial charge on any atom is -0.383 e. The number of methoxy groups -OCH3 is 1. The summed E-state index contributed by atoms with van der Waals surface area (Å²) >= 11 is 12.2. The standard InChI is InChI=1S/C24H22Cl2N4O4/c1-14(2)20-18(23(32)30(27-20)15-7-8-16(25)17(26)13-15)19-21(28-9-5-4-6-10-28)24(33)29(22(19)31)11-12-34-3/h4-10,13-14H,11-12H2,1-3H3/p+1. The molecular weight excluding hydrogens is 479 g/mol. The zero-order chi connectivity index (χ0) is 24.6. The number of rotatable bonds is 7. The van der Waals surface area contributed by atoms with Crippen LogP contribution in [0.2, 0.25) is 10.0 Å². The van der Waals surface area contributed by atoms with E-state index < -0.39 is 17.4 Å². The highest BCUT2D eigenvalue weighted by molar-refractivity contribution is 6.44. The fourth-order valence-corrected chi connectivity index (χ4v) is 4.17. The Morgan fingerprint density at radius 3 is 2.35 bits per heavy atom. The molecular formula is C24H23Cl2N4O4+. The first kappa shape index (κ1) is 23.9. The Bertz CT molecular complexity index is 1360. The molecule has 1 aromatic carbocycles. The molecule has 176 valence electrons. The Hall–Kier alpha value is -3.20. The summed E-state index contributed by atoms with van der Waals surface area (Å²) in [6.45, 7) is 4.04. The highest BCUT2D eigenvalue weighted by Crippen LogP contribution is 2.32. The van der Waals surface area contributed by atoms with Crippen molar-refractivity contribution in [1.82, 2.24) is 14.7 Å². The van der Waals surface area contributed by atoms with Crippen molar-refractivity contribution in [3.8, 4) is 5.69 Å². The monoisotopic (exact) mass is 501 g/mol. The molecule has 10 heteroatoms. The van der Waals surface area contributed by atoms with Crippen LogP contribution in [-0.4, -0.2) is 46.8 Å². The van der Waals surface area contributed by atoms with Crippen LogP contribution in [0.1, 0.15) is 31.0 Å². The quantitative estimate of drug-likeness (QED) is 0.397. The maximum Gasteiger partial charge on any atom is 0.326 e. The van der Waals surface area contributed by atoms with Crippen molar-refractivity contribution in [2.75, 3.05) is 20.3 Å². The van der Waals surface area contributed by atoms with E-state index in [0.717, 1.165) is 4.90 Å². The number of ether oxygens (including phenoxy) is 1. The summed E-state index contributed by atoms with van der Waals surface area (Å²) in [5.74, 6) is -1.20. The lowest BCUT2D eigenvalue weighted by molar-refractivity contribution is -0.576. The molecule has 3 heterocycles. The van der Waals surface area contributed by atoms with Crippen molar-refractivity contribution in [2.45, 2.75) is 19.8 Å². The number of nitrogens with zero attached hydrogens (tertiary/aromatic N) is 3. The molecule has 0 bridgehead atoms. The number of hydrogen-bond acceptors (Lipinski definition) is 4. The molecule has 4 rings (SSSR count). The number of nitrogens with one attached hydrogen (secondary N) is 1. The molecule has 0 saturated heterocycles. The first-order valence-corrected chi connectivity index (χ1v) is 11.4. The van der Waals surface area contributed by atoms with Crippen LogP contribution in [0, 0.1) is 0 Å². The molecule has 1 aliphatic heterocycles. The van der Waals surface area contributed by atoms with Gasteiger partial charge in [-0.3, -0.25) is 24.4 Å². The number of pyridine rings is 1. The number of H-pyrrole nitrogens is 1. The Morgan fingerprint density at radius 2 is 1.74 bits per heavy atom. The Balaban J connectivity index is 1.99. The van der Waals surface area contributed by atoms with E-state index in [2.05, 4.69) is 5.10 Å². The molecule has 0 fully saturated rings. The van der Waals surface area contributed by atoms with Crippen LogP contribution >= 0.6 is 23.2 Å². The molecule has 0 spiro atoms. The van der Waals surface area contributed by atoms with Gasteiger partial charge in [0, 0.05) is 24.9 Å². The average molecular weight is 502 g/mol. The number of aromatic amines is 1. The van der Waals surface area contributed by atoms with Gasteiger partial charge in [0.25, 0.3) is 17.2 Å². The lowest BCUT2D eigenvalue weighted by Crippen LogP contribution is -2.40. The van der Waals surface area contributed by atoms with Gasteiger partial charge in [0.1, 0.15) is 5.57 Å². The average Bonchev–Trinajstić information content (AvgIpc) is 3.28. The number of halogens is 2. The molecule has 1 aliphatic rings. The highest BCUT2D eigenvalue weighted by Gasteiger charge is 2.47. The Kier molecular flexibility index (Phi) is 6.74. The molecule has 0 saturated carbocycles. The van der Waals surface area contributed by atoms with Gasteiger partial charge in [0.15, 0.2) is 12.4 Å². The summed E-state index contributed by atoms with van der Waals surface area (Å²) in [6.07, 6.45) is 3.33. The van der Waals surface area contributed by atoms with Gasteiger partial charge in [-0.1, -0.05) is 43.1 Å². The van der Waals surface area contributed by atoms with Gasteiger partial charge >= 0.3 is 5.91 Å². The molecule has 3 aromatic rings. The van der Waals surface area contributed by atoms with E-state index in [9.17, 15) is 14.4 Å². The van der Waals surface area contributed by atoms with Crippen molar-refractivity contribution in [3.63, 3.8) is 0 Å². The zero-order valence-electron chi connectivity index (χ0n) is 18.8. The minimum atomic E-state index is -0.548. The maximum atomic E-state index is 13.7. The normalized spacial score (nSPS) is 14.1. The largest absolute Gasteiger partial charge is 0.383 e. The molecule has 0 atom stereocenters. The predicted molar refractivity (Wildman–Crippen MR) is 129 cm³/mol. The van der Waals surface area contributed by atoms with Crippen LogP contribution in [0.25, 0.3) is 17.0 Å². The lowest BCUT2D eigenvalue weighted by atomic mass is 9.98. The van der Waals surface area contributed by atoms with Crippen molar-refractivity contribution in [1.29, 1.82) is 0 Å². The number of hydrogen-bond donors (Lipinski definition) is 1. The summed E-state index contributed by atoms with van der Waals surface area (Å²) in [7, 11) is 1.49. The first-order chi connectivity index (χ1) is 16.3. The van der Waals surface area contributed by atoms with E-state index in [1.807, 2.05) is 13.8 Å². The minimum absolute atomic E-state index is 0.0427. The van der Waals surface area contributed by atoms with Crippen molar-refractivity contribution in [3.05, 3.63) is 80.4 Å². The predicted octanol–water partition coefficient (Wildman–Crippen LogP) is 3.27. The van der Waals surface area contributed by atoms with Crippen LogP contribution in [0.3, 0.4) is 0 Å². The third-order valence-corrected chi connectivity index (χ3v) is 6.28. The topological polar surface area (TPSA) is 88.3 Å². The number of carbonyl (C=O) groups is 2. The summed E-state index contributed by atoms with van der Waals surface area (Å²) in [5, 5.41) is 3.74. The number of imide groups is 1. The lowest BCUT2D eigenvalue weighted by Gasteiger charge is -2.13. The molecule has 0 unspecified atom stereocenters. The van der Waals surface area contributed by atoms with Gasteiger partial charge in [-0.05, 0) is 24.1 Å². The van der Waals surface area contributed by atoms with Gasteiger partial charge in [-0.2, -0.15) is 4.57 Å². The second kappa shape index (κ2) is 9.58. The third-order valence-electron chi connectivity index (χ3n) is 5.54. The third kappa shape index (κ3) is 4.09. The molecule has 1 N–H and O–H groups in total. The Labute approximate surface area is 206 Å². The molecule has 8 nitrogen and oxygen atoms in total. The van der Waals surface area contributed by atoms with Gasteiger partial charge in [0.05, 0.1) is 34.4 Å². The van der Waals surface area contributed by atoms with Crippen LogP contribution in [-0.2, 0) is 14.3 Å². The van der Waals surface area contributed by atoms with Crippen LogP contribution < -0.4 is 10.1 Å². The summed E-state index contributed by atoms with van der Waals surface area (Å²) in [6, 6.07) is 10.1. The van der Waals surface area contributed by atoms with Crippen LogP contribution in [0.15, 0.2) is 53.6 Å².